The van der Waals surface area contributed by atoms with E-state index in [4.69, 9.17) is 4.42 Å². The molecule has 0 amide bonds. The Morgan fingerprint density at radius 2 is 1.02 bits per heavy atom. The van der Waals surface area contributed by atoms with Crippen LogP contribution in [0.3, 0.4) is 0 Å². The fourth-order valence-electron chi connectivity index (χ4n) is 8.53. The Balaban J connectivity index is 1.22. The van der Waals surface area contributed by atoms with Crippen molar-refractivity contribution in [1.82, 2.24) is 4.57 Å². The number of nitrogens with zero attached hydrogens (tertiary/aromatic N) is 2. The normalized spacial score (nSPS) is 11.6. The van der Waals surface area contributed by atoms with Gasteiger partial charge in [0.1, 0.15) is 11.2 Å². The average molecular weight is 703 g/mol. The number of para-hydroxylation sites is 4. The van der Waals surface area contributed by atoms with Crippen molar-refractivity contribution in [3.8, 4) is 27.9 Å². The topological polar surface area (TPSA) is 21.3 Å². The van der Waals surface area contributed by atoms with Crippen LogP contribution in [0.1, 0.15) is 0 Å². The maximum atomic E-state index is 6.69. The molecule has 2 heterocycles. The Morgan fingerprint density at radius 1 is 0.400 bits per heavy atom. The first kappa shape index (κ1) is 31.2. The fraction of sp³-hybridized carbons (Fsp3) is 0. The highest BCUT2D eigenvalue weighted by molar-refractivity contribution is 6.28. The standard InChI is InChI=1S/C52H34N2O/c1-4-16-37(17-5-1)49-50-45-25-14-24-43(36-28-30-41(31-29-36)53(39-19-6-2-7-20-39)40-21-8-3-9-22-40)52(45)54(42-32-27-35-15-10-11-18-38(35)33-42)46(50)34-48-51(49)44-23-12-13-26-47(44)55-48/h1-34H. The molecule has 3 heteroatoms. The van der Waals surface area contributed by atoms with Crippen molar-refractivity contribution in [2.45, 2.75) is 0 Å². The number of hydrogen-bond donors (Lipinski definition) is 0. The van der Waals surface area contributed by atoms with Gasteiger partial charge >= 0.3 is 0 Å². The van der Waals surface area contributed by atoms with E-state index in [2.05, 4.69) is 210 Å². The van der Waals surface area contributed by atoms with E-state index in [-0.39, 0.29) is 0 Å². The van der Waals surface area contributed by atoms with Crippen molar-refractivity contribution in [1.29, 1.82) is 0 Å². The Morgan fingerprint density at radius 3 is 1.76 bits per heavy atom. The van der Waals surface area contributed by atoms with Crippen LogP contribution in [0.15, 0.2) is 211 Å². The maximum absolute atomic E-state index is 6.69. The summed E-state index contributed by atoms with van der Waals surface area (Å²) < 4.78 is 9.14. The molecule has 0 aliphatic rings. The summed E-state index contributed by atoms with van der Waals surface area (Å²) in [5.41, 5.74) is 13.2. The lowest BCUT2D eigenvalue weighted by atomic mass is 9.93. The number of hydrogen-bond acceptors (Lipinski definition) is 2. The second kappa shape index (κ2) is 12.6. The zero-order valence-electron chi connectivity index (χ0n) is 29.9. The second-order valence-corrected chi connectivity index (χ2v) is 14.1. The zero-order chi connectivity index (χ0) is 36.3. The molecule has 2 aromatic heterocycles. The molecule has 0 fully saturated rings. The number of aromatic nitrogens is 1. The molecule has 258 valence electrons. The minimum Gasteiger partial charge on any atom is -0.456 e. The summed E-state index contributed by atoms with van der Waals surface area (Å²) in [6.07, 6.45) is 0. The van der Waals surface area contributed by atoms with Gasteiger partial charge in [-0.25, -0.2) is 0 Å². The first-order valence-corrected chi connectivity index (χ1v) is 18.8. The Kier molecular flexibility index (Phi) is 7.17. The first-order valence-electron chi connectivity index (χ1n) is 18.8. The minimum absolute atomic E-state index is 0.880. The van der Waals surface area contributed by atoms with Crippen molar-refractivity contribution < 1.29 is 4.42 Å². The van der Waals surface area contributed by atoms with Crippen LogP contribution in [0.4, 0.5) is 17.1 Å². The van der Waals surface area contributed by atoms with Crippen LogP contribution in [-0.4, -0.2) is 4.57 Å². The third kappa shape index (κ3) is 5.05. The van der Waals surface area contributed by atoms with Gasteiger partial charge in [0.05, 0.1) is 11.0 Å². The van der Waals surface area contributed by atoms with Crippen LogP contribution in [0.5, 0.6) is 0 Å². The van der Waals surface area contributed by atoms with E-state index in [1.165, 1.54) is 38.2 Å². The summed E-state index contributed by atoms with van der Waals surface area (Å²) >= 11 is 0. The van der Waals surface area contributed by atoms with E-state index in [1.54, 1.807) is 0 Å². The number of rotatable bonds is 6. The summed E-state index contributed by atoms with van der Waals surface area (Å²) in [6, 6.07) is 73.8. The molecule has 0 spiro atoms. The van der Waals surface area contributed by atoms with Gasteiger partial charge in [-0.05, 0) is 76.5 Å². The molecule has 11 aromatic rings. The molecule has 0 bridgehead atoms. The first-order chi connectivity index (χ1) is 27.3. The largest absolute Gasteiger partial charge is 0.456 e. The van der Waals surface area contributed by atoms with Gasteiger partial charge in [0.15, 0.2) is 0 Å². The van der Waals surface area contributed by atoms with Gasteiger partial charge < -0.3 is 13.9 Å². The van der Waals surface area contributed by atoms with Gasteiger partial charge in [0.25, 0.3) is 0 Å². The highest BCUT2D eigenvalue weighted by Crippen LogP contribution is 2.48. The number of anilines is 3. The van der Waals surface area contributed by atoms with E-state index < -0.39 is 0 Å². The van der Waals surface area contributed by atoms with E-state index in [9.17, 15) is 0 Å². The zero-order valence-corrected chi connectivity index (χ0v) is 29.9. The third-order valence-corrected chi connectivity index (χ3v) is 10.9. The molecule has 9 aromatic carbocycles. The van der Waals surface area contributed by atoms with Crippen LogP contribution < -0.4 is 4.90 Å². The number of benzene rings is 9. The molecule has 11 rings (SSSR count). The molecule has 0 aliphatic heterocycles. The summed E-state index contributed by atoms with van der Waals surface area (Å²) in [4.78, 5) is 2.31. The van der Waals surface area contributed by atoms with Crippen LogP contribution >= 0.6 is 0 Å². The van der Waals surface area contributed by atoms with Gasteiger partial charge in [-0.2, -0.15) is 0 Å². The average Bonchev–Trinajstić information content (AvgIpc) is 3.79. The Bertz CT molecular complexity index is 3140. The second-order valence-electron chi connectivity index (χ2n) is 14.1. The number of fused-ring (bicyclic) bond motifs is 7. The molecule has 3 nitrogen and oxygen atoms in total. The molecule has 55 heavy (non-hydrogen) atoms. The van der Waals surface area contributed by atoms with E-state index in [0.717, 1.165) is 61.3 Å². The highest BCUT2D eigenvalue weighted by Gasteiger charge is 2.24. The fourth-order valence-corrected chi connectivity index (χ4v) is 8.53. The van der Waals surface area contributed by atoms with Crippen molar-refractivity contribution in [2.75, 3.05) is 4.90 Å². The van der Waals surface area contributed by atoms with Gasteiger partial charge in [-0.1, -0.05) is 146 Å². The van der Waals surface area contributed by atoms with Gasteiger partial charge in [-0.3, -0.25) is 0 Å². The summed E-state index contributed by atoms with van der Waals surface area (Å²) in [5, 5.41) is 7.10. The van der Waals surface area contributed by atoms with E-state index >= 15 is 0 Å². The van der Waals surface area contributed by atoms with Crippen LogP contribution in [-0.2, 0) is 0 Å². The van der Waals surface area contributed by atoms with Crippen LogP contribution in [0, 0.1) is 0 Å². The molecular weight excluding hydrogens is 669 g/mol. The van der Waals surface area contributed by atoms with Crippen LogP contribution in [0.2, 0.25) is 0 Å². The summed E-state index contributed by atoms with van der Waals surface area (Å²) in [6.45, 7) is 0. The molecule has 0 atom stereocenters. The SMILES string of the molecule is c1ccc(-c2c3c(cc4c2c2cccc(-c5ccc(N(c6ccccc6)c6ccccc6)cc5)c2n4-c2ccc4ccccc4c2)oc2ccccc23)cc1. The van der Waals surface area contributed by atoms with Crippen LogP contribution in [0.25, 0.3) is 82.5 Å². The molecule has 0 unspecified atom stereocenters. The van der Waals surface area contributed by atoms with Crippen molar-refractivity contribution in [3.05, 3.63) is 206 Å². The molecule has 0 saturated heterocycles. The summed E-state index contributed by atoms with van der Waals surface area (Å²) in [7, 11) is 0. The molecular formula is C52H34N2O. The molecule has 0 radical (unpaired) electrons. The third-order valence-electron chi connectivity index (χ3n) is 10.9. The maximum Gasteiger partial charge on any atom is 0.138 e. The monoisotopic (exact) mass is 702 g/mol. The van der Waals surface area contributed by atoms with E-state index in [1.807, 2.05) is 6.07 Å². The lowest BCUT2D eigenvalue weighted by Crippen LogP contribution is -2.09. The Hall–Kier alpha value is -7.36. The number of furan rings is 1. The van der Waals surface area contributed by atoms with Gasteiger partial charge in [0.2, 0.25) is 0 Å². The predicted octanol–water partition coefficient (Wildman–Crippen LogP) is 14.6. The lowest BCUT2D eigenvalue weighted by Gasteiger charge is -2.25. The molecule has 0 saturated carbocycles. The van der Waals surface area contributed by atoms with Gasteiger partial charge in [0, 0.05) is 61.5 Å². The van der Waals surface area contributed by atoms with Gasteiger partial charge in [-0.15, -0.1) is 0 Å². The van der Waals surface area contributed by atoms with Crippen molar-refractivity contribution in [3.63, 3.8) is 0 Å². The van der Waals surface area contributed by atoms with Crippen molar-refractivity contribution >= 4 is 71.6 Å². The summed E-state index contributed by atoms with van der Waals surface area (Å²) in [5.74, 6) is 0. The highest BCUT2D eigenvalue weighted by atomic mass is 16.3. The quantitative estimate of drug-likeness (QED) is 0.172. The van der Waals surface area contributed by atoms with Crippen molar-refractivity contribution in [2.24, 2.45) is 0 Å². The Labute approximate surface area is 318 Å². The lowest BCUT2D eigenvalue weighted by molar-refractivity contribution is 0.669. The smallest absolute Gasteiger partial charge is 0.138 e. The minimum atomic E-state index is 0.880. The molecule has 0 N–H and O–H groups in total. The molecule has 0 aliphatic carbocycles. The predicted molar refractivity (Wildman–Crippen MR) is 231 cm³/mol. The van der Waals surface area contributed by atoms with E-state index in [0.29, 0.717) is 0 Å².